The highest BCUT2D eigenvalue weighted by Gasteiger charge is 2.11. The summed E-state index contributed by atoms with van der Waals surface area (Å²) in [6, 6.07) is 6.71. The van der Waals surface area contributed by atoms with Crippen LogP contribution in [0.3, 0.4) is 0 Å². The van der Waals surface area contributed by atoms with Gasteiger partial charge in [-0.05, 0) is 38.1 Å². The largest absolute Gasteiger partial charge is 0.450 e. The van der Waals surface area contributed by atoms with Crippen LogP contribution in [0.4, 0.5) is 16.2 Å². The SMILES string of the molecule is CCOC(=O)Nc1ccc(NC(=O)C(C)OC)cc1. The first-order valence-corrected chi connectivity index (χ1v) is 5.94. The second-order valence-electron chi connectivity index (χ2n) is 3.79. The van der Waals surface area contributed by atoms with Crippen LogP contribution >= 0.6 is 0 Å². The number of hydrogen-bond acceptors (Lipinski definition) is 4. The number of ether oxygens (including phenoxy) is 2. The van der Waals surface area contributed by atoms with E-state index in [9.17, 15) is 9.59 Å². The molecule has 0 spiro atoms. The zero-order valence-electron chi connectivity index (χ0n) is 11.2. The van der Waals surface area contributed by atoms with Crippen molar-refractivity contribution in [2.45, 2.75) is 20.0 Å². The van der Waals surface area contributed by atoms with Gasteiger partial charge in [-0.1, -0.05) is 0 Å². The molecule has 6 heteroatoms. The van der Waals surface area contributed by atoms with Crippen molar-refractivity contribution < 1.29 is 19.1 Å². The molecule has 19 heavy (non-hydrogen) atoms. The van der Waals surface area contributed by atoms with E-state index in [1.165, 1.54) is 7.11 Å². The highest BCUT2D eigenvalue weighted by molar-refractivity contribution is 5.94. The van der Waals surface area contributed by atoms with Crippen LogP contribution in [0.2, 0.25) is 0 Å². The summed E-state index contributed by atoms with van der Waals surface area (Å²) < 4.78 is 9.65. The number of hydrogen-bond donors (Lipinski definition) is 2. The molecule has 0 aromatic heterocycles. The average molecular weight is 266 g/mol. The van der Waals surface area contributed by atoms with Gasteiger partial charge in [0, 0.05) is 18.5 Å². The number of carbonyl (C=O) groups is 2. The standard InChI is InChI=1S/C13H18N2O4/c1-4-19-13(17)15-11-7-5-10(6-8-11)14-12(16)9(2)18-3/h5-9H,4H2,1-3H3,(H,14,16)(H,15,17). The maximum atomic E-state index is 11.6. The fourth-order valence-electron chi connectivity index (χ4n) is 1.27. The van der Waals surface area contributed by atoms with Gasteiger partial charge >= 0.3 is 6.09 Å². The maximum Gasteiger partial charge on any atom is 0.411 e. The molecule has 6 nitrogen and oxygen atoms in total. The molecular formula is C13H18N2O4. The van der Waals surface area contributed by atoms with Crippen molar-refractivity contribution >= 4 is 23.4 Å². The molecule has 0 bridgehead atoms. The molecular weight excluding hydrogens is 248 g/mol. The molecule has 0 fully saturated rings. The van der Waals surface area contributed by atoms with Crippen molar-refractivity contribution in [1.82, 2.24) is 0 Å². The molecule has 0 saturated heterocycles. The van der Waals surface area contributed by atoms with Crippen LogP contribution in [0.15, 0.2) is 24.3 Å². The van der Waals surface area contributed by atoms with Gasteiger partial charge in [-0.3, -0.25) is 10.1 Å². The molecule has 0 aliphatic rings. The quantitative estimate of drug-likeness (QED) is 0.856. The normalized spacial score (nSPS) is 11.5. The van der Waals surface area contributed by atoms with E-state index in [0.29, 0.717) is 18.0 Å². The van der Waals surface area contributed by atoms with Crippen molar-refractivity contribution in [2.24, 2.45) is 0 Å². The van der Waals surface area contributed by atoms with Crippen LogP contribution < -0.4 is 10.6 Å². The Balaban J connectivity index is 2.56. The second kappa shape index (κ2) is 7.38. The fourth-order valence-corrected chi connectivity index (χ4v) is 1.27. The summed E-state index contributed by atoms with van der Waals surface area (Å²) in [4.78, 5) is 22.7. The van der Waals surface area contributed by atoms with E-state index < -0.39 is 12.2 Å². The molecule has 2 N–H and O–H groups in total. The third kappa shape index (κ3) is 4.97. The molecule has 1 unspecified atom stereocenters. The van der Waals surface area contributed by atoms with Crippen LogP contribution in [0.25, 0.3) is 0 Å². The maximum absolute atomic E-state index is 11.6. The molecule has 104 valence electrons. The smallest absolute Gasteiger partial charge is 0.411 e. The Morgan fingerprint density at radius 3 is 2.16 bits per heavy atom. The lowest BCUT2D eigenvalue weighted by atomic mass is 10.2. The Labute approximate surface area is 112 Å². The number of benzene rings is 1. The van der Waals surface area contributed by atoms with Gasteiger partial charge in [-0.2, -0.15) is 0 Å². The summed E-state index contributed by atoms with van der Waals surface area (Å²) in [6.07, 6.45) is -1.02. The first-order chi connectivity index (χ1) is 9.06. The molecule has 1 rings (SSSR count). The van der Waals surface area contributed by atoms with Gasteiger partial charge in [0.15, 0.2) is 0 Å². The molecule has 2 amide bonds. The van der Waals surface area contributed by atoms with Crippen molar-refractivity contribution in [3.63, 3.8) is 0 Å². The van der Waals surface area contributed by atoms with Gasteiger partial charge in [-0.25, -0.2) is 4.79 Å². The van der Waals surface area contributed by atoms with Gasteiger partial charge in [0.1, 0.15) is 6.10 Å². The number of anilines is 2. The van der Waals surface area contributed by atoms with Gasteiger partial charge in [0.05, 0.1) is 6.61 Å². The number of rotatable bonds is 5. The van der Waals surface area contributed by atoms with Crippen molar-refractivity contribution in [1.29, 1.82) is 0 Å². The monoisotopic (exact) mass is 266 g/mol. The lowest BCUT2D eigenvalue weighted by Crippen LogP contribution is -2.26. The lowest BCUT2D eigenvalue weighted by molar-refractivity contribution is -0.124. The molecule has 0 aliphatic heterocycles. The number of methoxy groups -OCH3 is 1. The van der Waals surface area contributed by atoms with Crippen molar-refractivity contribution in [3.05, 3.63) is 24.3 Å². The predicted molar refractivity (Wildman–Crippen MR) is 72.2 cm³/mol. The molecule has 0 aliphatic carbocycles. The third-order valence-corrected chi connectivity index (χ3v) is 2.40. The Kier molecular flexibility index (Phi) is 5.81. The van der Waals surface area contributed by atoms with Gasteiger partial charge in [0.25, 0.3) is 5.91 Å². The van der Waals surface area contributed by atoms with E-state index >= 15 is 0 Å². The fraction of sp³-hybridized carbons (Fsp3) is 0.385. The van der Waals surface area contributed by atoms with Gasteiger partial charge in [0.2, 0.25) is 0 Å². The van der Waals surface area contributed by atoms with Crippen LogP contribution in [0.5, 0.6) is 0 Å². The minimum atomic E-state index is -0.516. The molecule has 1 aromatic rings. The Hall–Kier alpha value is -2.08. The van der Waals surface area contributed by atoms with Crippen LogP contribution in [0, 0.1) is 0 Å². The number of amides is 2. The third-order valence-electron chi connectivity index (χ3n) is 2.40. The molecule has 1 atom stereocenters. The predicted octanol–water partition coefficient (Wildman–Crippen LogP) is 2.23. The lowest BCUT2D eigenvalue weighted by Gasteiger charge is -2.11. The van der Waals surface area contributed by atoms with Crippen LogP contribution in [0.1, 0.15) is 13.8 Å². The first kappa shape index (κ1) is 15.0. The summed E-state index contributed by atoms with van der Waals surface area (Å²) in [5.74, 6) is -0.228. The molecule has 0 heterocycles. The van der Waals surface area contributed by atoms with Crippen molar-refractivity contribution in [3.8, 4) is 0 Å². The van der Waals surface area contributed by atoms with E-state index in [1.54, 1.807) is 38.1 Å². The topological polar surface area (TPSA) is 76.7 Å². The minimum absolute atomic E-state index is 0.228. The van der Waals surface area contributed by atoms with Gasteiger partial charge < -0.3 is 14.8 Å². The Morgan fingerprint density at radius 2 is 1.68 bits per heavy atom. The average Bonchev–Trinajstić information content (AvgIpc) is 2.40. The summed E-state index contributed by atoms with van der Waals surface area (Å²) in [7, 11) is 1.47. The van der Waals surface area contributed by atoms with E-state index in [1.807, 2.05) is 0 Å². The second-order valence-corrected chi connectivity index (χ2v) is 3.79. The Morgan fingerprint density at radius 1 is 1.16 bits per heavy atom. The summed E-state index contributed by atoms with van der Waals surface area (Å²) >= 11 is 0. The van der Waals surface area contributed by atoms with Crippen molar-refractivity contribution in [2.75, 3.05) is 24.4 Å². The van der Waals surface area contributed by atoms with E-state index in [2.05, 4.69) is 10.6 Å². The van der Waals surface area contributed by atoms with E-state index in [-0.39, 0.29) is 5.91 Å². The zero-order chi connectivity index (χ0) is 14.3. The highest BCUT2D eigenvalue weighted by Crippen LogP contribution is 2.14. The summed E-state index contributed by atoms with van der Waals surface area (Å²) in [5, 5.41) is 5.25. The number of nitrogens with one attached hydrogen (secondary N) is 2. The van der Waals surface area contributed by atoms with Crippen LogP contribution in [-0.4, -0.2) is 31.8 Å². The molecule has 0 radical (unpaired) electrons. The van der Waals surface area contributed by atoms with E-state index in [0.717, 1.165) is 0 Å². The van der Waals surface area contributed by atoms with Gasteiger partial charge in [-0.15, -0.1) is 0 Å². The molecule has 1 aromatic carbocycles. The Bertz CT molecular complexity index is 431. The number of carbonyl (C=O) groups excluding carboxylic acids is 2. The molecule has 0 saturated carbocycles. The minimum Gasteiger partial charge on any atom is -0.450 e. The van der Waals surface area contributed by atoms with Crippen LogP contribution in [-0.2, 0) is 14.3 Å². The summed E-state index contributed by atoms with van der Waals surface area (Å²) in [5.41, 5.74) is 1.22. The summed E-state index contributed by atoms with van der Waals surface area (Å²) in [6.45, 7) is 3.70. The zero-order valence-corrected chi connectivity index (χ0v) is 11.2. The highest BCUT2D eigenvalue weighted by atomic mass is 16.5. The first-order valence-electron chi connectivity index (χ1n) is 5.94. The van der Waals surface area contributed by atoms with E-state index in [4.69, 9.17) is 9.47 Å².